The molecule has 0 fully saturated rings. The van der Waals surface area contributed by atoms with E-state index in [1.165, 1.54) is 11.1 Å². The van der Waals surface area contributed by atoms with E-state index >= 15 is 0 Å². The first-order valence-electron chi connectivity index (χ1n) is 8.79. The minimum Gasteiger partial charge on any atom is -0.450 e. The zero-order chi connectivity index (χ0) is 18.7. The van der Waals surface area contributed by atoms with E-state index < -0.39 is 6.10 Å². The standard InChI is InChI=1S/C23H30O2/c1-6-22(21-16-8-7-9-17-21)25-23(24)20(5)15-11-14-19(4)13-10-12-18(2)3/h6-9,12,14,16-17,22H,1,5,10-11,13,15H2,2-4H3/b19-14+. The van der Waals surface area contributed by atoms with Gasteiger partial charge in [0.15, 0.2) is 0 Å². The van der Waals surface area contributed by atoms with Gasteiger partial charge in [0, 0.05) is 5.57 Å². The summed E-state index contributed by atoms with van der Waals surface area (Å²) in [5.74, 6) is -0.357. The van der Waals surface area contributed by atoms with Crippen molar-refractivity contribution in [3.05, 3.63) is 84.0 Å². The van der Waals surface area contributed by atoms with E-state index in [-0.39, 0.29) is 5.97 Å². The molecular formula is C23H30O2. The Balaban J connectivity index is 2.45. The molecule has 1 aromatic carbocycles. The van der Waals surface area contributed by atoms with Gasteiger partial charge in [-0.1, -0.05) is 66.8 Å². The van der Waals surface area contributed by atoms with Gasteiger partial charge in [-0.2, -0.15) is 0 Å². The van der Waals surface area contributed by atoms with E-state index in [0.717, 1.165) is 24.8 Å². The summed E-state index contributed by atoms with van der Waals surface area (Å²) in [6.45, 7) is 14.0. The first-order chi connectivity index (χ1) is 11.9. The van der Waals surface area contributed by atoms with Crippen molar-refractivity contribution in [1.82, 2.24) is 0 Å². The molecule has 1 rings (SSSR count). The lowest BCUT2D eigenvalue weighted by Crippen LogP contribution is -2.11. The van der Waals surface area contributed by atoms with Gasteiger partial charge in [0.1, 0.15) is 6.10 Å². The Morgan fingerprint density at radius 2 is 1.72 bits per heavy atom. The predicted octanol–water partition coefficient (Wildman–Crippen LogP) is 6.49. The normalized spacial score (nSPS) is 12.2. The van der Waals surface area contributed by atoms with Gasteiger partial charge in [0.2, 0.25) is 0 Å². The molecule has 0 saturated carbocycles. The molecule has 25 heavy (non-hydrogen) atoms. The van der Waals surface area contributed by atoms with Crippen LogP contribution in [0.15, 0.2) is 78.4 Å². The Labute approximate surface area is 152 Å². The van der Waals surface area contributed by atoms with Crippen LogP contribution >= 0.6 is 0 Å². The van der Waals surface area contributed by atoms with Crippen LogP contribution in [0, 0.1) is 0 Å². The van der Waals surface area contributed by atoms with Crippen LogP contribution < -0.4 is 0 Å². The Bertz CT molecular complexity index is 631. The van der Waals surface area contributed by atoms with Crippen LogP contribution in [0.2, 0.25) is 0 Å². The summed E-state index contributed by atoms with van der Waals surface area (Å²) in [4.78, 5) is 12.2. The molecule has 0 amide bonds. The van der Waals surface area contributed by atoms with Crippen molar-refractivity contribution < 1.29 is 9.53 Å². The third-order valence-electron chi connectivity index (χ3n) is 3.90. The van der Waals surface area contributed by atoms with E-state index in [1.807, 2.05) is 30.3 Å². The van der Waals surface area contributed by atoms with Crippen molar-refractivity contribution in [2.75, 3.05) is 0 Å². The SMILES string of the molecule is C=CC(OC(=O)C(=C)CC/C=C(\C)CCC=C(C)C)c1ccccc1. The number of hydrogen-bond donors (Lipinski definition) is 0. The first kappa shape index (κ1) is 20.7. The maximum absolute atomic E-state index is 12.2. The second-order valence-corrected chi connectivity index (χ2v) is 6.49. The Kier molecular flexibility index (Phi) is 9.31. The molecule has 1 atom stereocenters. The number of carbonyl (C=O) groups is 1. The third-order valence-corrected chi connectivity index (χ3v) is 3.90. The summed E-state index contributed by atoms with van der Waals surface area (Å²) in [6.07, 6.45) is 9.14. The molecule has 0 N–H and O–H groups in total. The average molecular weight is 338 g/mol. The molecule has 1 aromatic rings. The lowest BCUT2D eigenvalue weighted by atomic mass is 10.1. The van der Waals surface area contributed by atoms with Crippen molar-refractivity contribution in [2.45, 2.75) is 52.6 Å². The van der Waals surface area contributed by atoms with Crippen LogP contribution in [0.3, 0.4) is 0 Å². The Morgan fingerprint density at radius 1 is 1.08 bits per heavy atom. The quantitative estimate of drug-likeness (QED) is 0.277. The zero-order valence-corrected chi connectivity index (χ0v) is 15.8. The average Bonchev–Trinajstić information content (AvgIpc) is 2.59. The van der Waals surface area contributed by atoms with Gasteiger partial charge in [0.05, 0.1) is 0 Å². The molecule has 1 unspecified atom stereocenters. The second kappa shape index (κ2) is 11.2. The summed E-state index contributed by atoms with van der Waals surface area (Å²) in [5, 5.41) is 0. The Morgan fingerprint density at radius 3 is 2.32 bits per heavy atom. The summed E-state index contributed by atoms with van der Waals surface area (Å²) in [6, 6.07) is 9.59. The molecule has 0 aromatic heterocycles. The second-order valence-electron chi connectivity index (χ2n) is 6.49. The van der Waals surface area contributed by atoms with Gasteiger partial charge in [0.25, 0.3) is 0 Å². The molecule has 0 heterocycles. The van der Waals surface area contributed by atoms with Crippen molar-refractivity contribution in [3.63, 3.8) is 0 Å². The summed E-state index contributed by atoms with van der Waals surface area (Å²) in [5.41, 5.74) is 4.09. The minimum atomic E-state index is -0.438. The van der Waals surface area contributed by atoms with Gasteiger partial charge in [-0.05, 0) is 58.1 Å². The highest BCUT2D eigenvalue weighted by molar-refractivity contribution is 5.88. The minimum absolute atomic E-state index is 0.357. The number of hydrogen-bond acceptors (Lipinski definition) is 2. The number of ether oxygens (including phenoxy) is 1. The van der Waals surface area contributed by atoms with Crippen molar-refractivity contribution in [2.24, 2.45) is 0 Å². The zero-order valence-electron chi connectivity index (χ0n) is 15.8. The van der Waals surface area contributed by atoms with Gasteiger partial charge < -0.3 is 4.74 Å². The van der Waals surface area contributed by atoms with E-state index in [0.29, 0.717) is 12.0 Å². The fraction of sp³-hybridized carbons (Fsp3) is 0.348. The highest BCUT2D eigenvalue weighted by Crippen LogP contribution is 2.20. The van der Waals surface area contributed by atoms with Crippen LogP contribution in [0.1, 0.15) is 58.1 Å². The van der Waals surface area contributed by atoms with E-state index in [2.05, 4.69) is 46.1 Å². The van der Waals surface area contributed by atoms with Crippen molar-refractivity contribution in [1.29, 1.82) is 0 Å². The largest absolute Gasteiger partial charge is 0.450 e. The molecule has 0 saturated heterocycles. The molecule has 0 radical (unpaired) electrons. The fourth-order valence-electron chi connectivity index (χ4n) is 2.38. The van der Waals surface area contributed by atoms with Crippen LogP contribution in [0.25, 0.3) is 0 Å². The van der Waals surface area contributed by atoms with Crippen LogP contribution in [0.4, 0.5) is 0 Å². The number of carbonyl (C=O) groups excluding carboxylic acids is 1. The molecular weight excluding hydrogens is 308 g/mol. The number of esters is 1. The molecule has 0 spiro atoms. The molecule has 0 aliphatic heterocycles. The first-order valence-corrected chi connectivity index (χ1v) is 8.79. The van der Waals surface area contributed by atoms with E-state index in [1.54, 1.807) is 6.08 Å². The number of allylic oxidation sites excluding steroid dienone is 4. The molecule has 134 valence electrons. The van der Waals surface area contributed by atoms with Crippen molar-refractivity contribution >= 4 is 5.97 Å². The molecule has 2 heteroatoms. The number of rotatable bonds is 10. The molecule has 0 aliphatic rings. The monoisotopic (exact) mass is 338 g/mol. The van der Waals surface area contributed by atoms with Gasteiger partial charge in [-0.25, -0.2) is 4.79 Å². The summed E-state index contributed by atoms with van der Waals surface area (Å²) >= 11 is 0. The third kappa shape index (κ3) is 8.35. The highest BCUT2D eigenvalue weighted by Gasteiger charge is 2.15. The van der Waals surface area contributed by atoms with E-state index in [4.69, 9.17) is 4.74 Å². The smallest absolute Gasteiger partial charge is 0.334 e. The van der Waals surface area contributed by atoms with Crippen molar-refractivity contribution in [3.8, 4) is 0 Å². The topological polar surface area (TPSA) is 26.3 Å². The van der Waals surface area contributed by atoms with E-state index in [9.17, 15) is 4.79 Å². The highest BCUT2D eigenvalue weighted by atomic mass is 16.5. The Hall–Kier alpha value is -2.35. The fourth-order valence-corrected chi connectivity index (χ4v) is 2.38. The van der Waals surface area contributed by atoms with Gasteiger partial charge >= 0.3 is 5.97 Å². The molecule has 0 aliphatic carbocycles. The predicted molar refractivity (Wildman–Crippen MR) is 106 cm³/mol. The lowest BCUT2D eigenvalue weighted by Gasteiger charge is -2.15. The van der Waals surface area contributed by atoms with Crippen LogP contribution in [0.5, 0.6) is 0 Å². The summed E-state index contributed by atoms with van der Waals surface area (Å²) in [7, 11) is 0. The van der Waals surface area contributed by atoms with Gasteiger partial charge in [-0.3, -0.25) is 0 Å². The molecule has 0 bridgehead atoms. The number of benzene rings is 1. The molecule has 2 nitrogen and oxygen atoms in total. The summed E-state index contributed by atoms with van der Waals surface area (Å²) < 4.78 is 5.51. The van der Waals surface area contributed by atoms with Crippen LogP contribution in [-0.2, 0) is 9.53 Å². The maximum atomic E-state index is 12.2. The van der Waals surface area contributed by atoms with Crippen LogP contribution in [-0.4, -0.2) is 5.97 Å². The maximum Gasteiger partial charge on any atom is 0.334 e. The lowest BCUT2D eigenvalue weighted by molar-refractivity contribution is -0.142. The van der Waals surface area contributed by atoms with Gasteiger partial charge in [-0.15, -0.1) is 0 Å².